The predicted molar refractivity (Wildman–Crippen MR) is 85.6 cm³/mol. The molecule has 2 fully saturated rings. The molecular weight excluding hydrogens is 246 g/mol. The molecule has 0 aromatic rings. The van der Waals surface area contributed by atoms with Gasteiger partial charge >= 0.3 is 0 Å². The summed E-state index contributed by atoms with van der Waals surface area (Å²) in [6.07, 6.45) is 13.1. The average molecular weight is 281 g/mol. The van der Waals surface area contributed by atoms with Gasteiger partial charge < -0.3 is 10.8 Å². The van der Waals surface area contributed by atoms with E-state index in [1.807, 2.05) is 0 Å². The Morgan fingerprint density at radius 1 is 0.950 bits per heavy atom. The van der Waals surface area contributed by atoms with Gasteiger partial charge in [0, 0.05) is 12.0 Å². The summed E-state index contributed by atoms with van der Waals surface area (Å²) in [7, 11) is 0. The number of aliphatic hydroxyl groups is 1. The van der Waals surface area contributed by atoms with Gasteiger partial charge in [0.05, 0.1) is 5.60 Å². The van der Waals surface area contributed by atoms with Crippen molar-refractivity contribution in [3.05, 3.63) is 0 Å². The molecule has 20 heavy (non-hydrogen) atoms. The smallest absolute Gasteiger partial charge is 0.0716 e. The minimum absolute atomic E-state index is 0.00849. The Hall–Kier alpha value is -0.0800. The minimum atomic E-state index is -0.487. The molecule has 0 spiro atoms. The second-order valence-corrected chi connectivity index (χ2v) is 7.59. The van der Waals surface area contributed by atoms with E-state index in [1.54, 1.807) is 0 Å². The Morgan fingerprint density at radius 2 is 1.60 bits per heavy atom. The van der Waals surface area contributed by atoms with Crippen molar-refractivity contribution in [2.24, 2.45) is 23.0 Å². The molecule has 0 saturated heterocycles. The first-order chi connectivity index (χ1) is 9.59. The van der Waals surface area contributed by atoms with E-state index in [9.17, 15) is 5.11 Å². The van der Waals surface area contributed by atoms with Gasteiger partial charge in [-0.25, -0.2) is 0 Å². The maximum atomic E-state index is 11.5. The molecule has 0 bridgehead atoms. The summed E-state index contributed by atoms with van der Waals surface area (Å²) in [6.45, 7) is 5.26. The third-order valence-corrected chi connectivity index (χ3v) is 6.65. The molecule has 0 aromatic carbocycles. The number of rotatable bonds is 4. The molecule has 0 aliphatic heterocycles. The molecular formula is C18H35NO. The SMILES string of the molecule is CCC1CCCC(O)(C2(CN)CCCC(CC)C2)CC1. The molecule has 4 unspecified atom stereocenters. The Labute approximate surface area is 125 Å². The van der Waals surface area contributed by atoms with Crippen LogP contribution in [0.5, 0.6) is 0 Å². The van der Waals surface area contributed by atoms with Crippen molar-refractivity contribution < 1.29 is 5.11 Å². The topological polar surface area (TPSA) is 46.2 Å². The van der Waals surface area contributed by atoms with Crippen LogP contribution in [0.15, 0.2) is 0 Å². The van der Waals surface area contributed by atoms with Crippen molar-refractivity contribution in [1.82, 2.24) is 0 Å². The van der Waals surface area contributed by atoms with Crippen LogP contribution in [0.1, 0.15) is 84.5 Å². The molecule has 2 nitrogen and oxygen atoms in total. The van der Waals surface area contributed by atoms with Gasteiger partial charge in [-0.2, -0.15) is 0 Å². The molecule has 0 amide bonds. The van der Waals surface area contributed by atoms with E-state index >= 15 is 0 Å². The van der Waals surface area contributed by atoms with Gasteiger partial charge in [0.2, 0.25) is 0 Å². The van der Waals surface area contributed by atoms with Crippen LogP contribution < -0.4 is 5.73 Å². The van der Waals surface area contributed by atoms with Crippen LogP contribution in [0.4, 0.5) is 0 Å². The molecule has 2 aliphatic rings. The van der Waals surface area contributed by atoms with Gasteiger partial charge in [-0.05, 0) is 43.9 Å². The highest BCUT2D eigenvalue weighted by Gasteiger charge is 2.51. The Morgan fingerprint density at radius 3 is 2.25 bits per heavy atom. The van der Waals surface area contributed by atoms with Crippen molar-refractivity contribution >= 4 is 0 Å². The van der Waals surface area contributed by atoms with Crippen molar-refractivity contribution in [3.63, 3.8) is 0 Å². The van der Waals surface area contributed by atoms with Crippen LogP contribution in [0, 0.1) is 17.3 Å². The second kappa shape index (κ2) is 6.79. The molecule has 2 aliphatic carbocycles. The third kappa shape index (κ3) is 3.06. The zero-order chi connectivity index (χ0) is 14.6. The molecule has 4 atom stereocenters. The van der Waals surface area contributed by atoms with Crippen LogP contribution in [-0.4, -0.2) is 17.3 Å². The van der Waals surface area contributed by atoms with Crippen molar-refractivity contribution in [2.45, 2.75) is 90.1 Å². The first-order valence-corrected chi connectivity index (χ1v) is 9.01. The maximum absolute atomic E-state index is 11.5. The first kappa shape index (κ1) is 16.3. The zero-order valence-corrected chi connectivity index (χ0v) is 13.7. The highest BCUT2D eigenvalue weighted by Crippen LogP contribution is 2.52. The molecule has 2 saturated carbocycles. The van der Waals surface area contributed by atoms with Crippen LogP contribution in [0.3, 0.4) is 0 Å². The van der Waals surface area contributed by atoms with E-state index in [-0.39, 0.29) is 5.41 Å². The van der Waals surface area contributed by atoms with Gasteiger partial charge in [-0.1, -0.05) is 52.4 Å². The minimum Gasteiger partial charge on any atom is -0.389 e. The summed E-state index contributed by atoms with van der Waals surface area (Å²) < 4.78 is 0. The summed E-state index contributed by atoms with van der Waals surface area (Å²) in [4.78, 5) is 0. The van der Waals surface area contributed by atoms with E-state index in [0.717, 1.165) is 37.5 Å². The summed E-state index contributed by atoms with van der Waals surface area (Å²) in [5.41, 5.74) is 5.75. The summed E-state index contributed by atoms with van der Waals surface area (Å²) in [5, 5.41) is 11.5. The summed E-state index contributed by atoms with van der Waals surface area (Å²) >= 11 is 0. The molecule has 118 valence electrons. The molecule has 0 heterocycles. The fraction of sp³-hybridized carbons (Fsp3) is 1.00. The summed E-state index contributed by atoms with van der Waals surface area (Å²) in [5.74, 6) is 1.60. The van der Waals surface area contributed by atoms with Gasteiger partial charge in [0.1, 0.15) is 0 Å². The highest BCUT2D eigenvalue weighted by molar-refractivity contribution is 5.03. The van der Waals surface area contributed by atoms with Gasteiger partial charge in [0.15, 0.2) is 0 Å². The van der Waals surface area contributed by atoms with Crippen LogP contribution in [0.2, 0.25) is 0 Å². The first-order valence-electron chi connectivity index (χ1n) is 9.01. The van der Waals surface area contributed by atoms with Crippen molar-refractivity contribution in [1.29, 1.82) is 0 Å². The number of nitrogens with two attached hydrogens (primary N) is 1. The lowest BCUT2D eigenvalue weighted by molar-refractivity contribution is -0.119. The predicted octanol–water partition coefficient (Wildman–Crippen LogP) is 4.25. The van der Waals surface area contributed by atoms with Crippen LogP contribution in [0.25, 0.3) is 0 Å². The third-order valence-electron chi connectivity index (χ3n) is 6.65. The van der Waals surface area contributed by atoms with Gasteiger partial charge in [0.25, 0.3) is 0 Å². The number of hydrogen-bond acceptors (Lipinski definition) is 2. The molecule has 0 radical (unpaired) electrons. The Balaban J connectivity index is 2.15. The fourth-order valence-electron chi connectivity index (χ4n) is 4.97. The van der Waals surface area contributed by atoms with E-state index in [4.69, 9.17) is 5.73 Å². The van der Waals surface area contributed by atoms with E-state index < -0.39 is 5.60 Å². The molecule has 2 rings (SSSR count). The fourth-order valence-corrected chi connectivity index (χ4v) is 4.97. The Kier molecular flexibility index (Phi) is 5.53. The lowest BCUT2D eigenvalue weighted by Crippen LogP contribution is -2.54. The van der Waals surface area contributed by atoms with Crippen LogP contribution >= 0.6 is 0 Å². The quantitative estimate of drug-likeness (QED) is 0.757. The molecule has 3 N–H and O–H groups in total. The summed E-state index contributed by atoms with van der Waals surface area (Å²) in [6, 6.07) is 0. The lowest BCUT2D eigenvalue weighted by Gasteiger charge is -2.51. The Bertz CT molecular complexity index is 306. The van der Waals surface area contributed by atoms with E-state index in [2.05, 4.69) is 13.8 Å². The maximum Gasteiger partial charge on any atom is 0.0716 e. The van der Waals surface area contributed by atoms with Crippen molar-refractivity contribution in [3.8, 4) is 0 Å². The zero-order valence-electron chi connectivity index (χ0n) is 13.7. The normalized spacial score (nSPS) is 43.2. The van der Waals surface area contributed by atoms with Gasteiger partial charge in [-0.15, -0.1) is 0 Å². The van der Waals surface area contributed by atoms with Crippen LogP contribution in [-0.2, 0) is 0 Å². The average Bonchev–Trinajstić information content (AvgIpc) is 2.70. The van der Waals surface area contributed by atoms with E-state index in [0.29, 0.717) is 6.54 Å². The standard InChI is InChI=1S/C18H35NO/c1-3-15-7-6-11-18(20,12-9-15)17(14-19)10-5-8-16(4-2)13-17/h15-16,20H,3-14,19H2,1-2H3. The lowest BCUT2D eigenvalue weighted by atomic mass is 9.58. The molecule has 0 aromatic heterocycles. The molecule has 2 heteroatoms. The highest BCUT2D eigenvalue weighted by atomic mass is 16.3. The number of hydrogen-bond donors (Lipinski definition) is 2. The monoisotopic (exact) mass is 281 g/mol. The largest absolute Gasteiger partial charge is 0.389 e. The van der Waals surface area contributed by atoms with Gasteiger partial charge in [-0.3, -0.25) is 0 Å². The van der Waals surface area contributed by atoms with E-state index in [1.165, 1.54) is 44.9 Å². The second-order valence-electron chi connectivity index (χ2n) is 7.59. The van der Waals surface area contributed by atoms with Crippen molar-refractivity contribution in [2.75, 3.05) is 6.54 Å².